The van der Waals surface area contributed by atoms with Crippen LogP contribution in [0, 0.1) is 0 Å². The van der Waals surface area contributed by atoms with Crippen LogP contribution in [0.25, 0.3) is 60.2 Å². The number of aromatic nitrogens is 1. The van der Waals surface area contributed by atoms with E-state index in [1.54, 1.807) is 0 Å². The summed E-state index contributed by atoms with van der Waals surface area (Å²) in [5.74, 6) is 0. The zero-order chi connectivity index (χ0) is 56.6. The Labute approximate surface area is 490 Å². The minimum absolute atomic E-state index is 0.0273. The first-order valence-electron chi connectivity index (χ1n) is 30.1. The van der Waals surface area contributed by atoms with Gasteiger partial charge in [0, 0.05) is 61.8 Å². The summed E-state index contributed by atoms with van der Waals surface area (Å²) in [6.07, 6.45) is 4.62. The van der Waals surface area contributed by atoms with Gasteiger partial charge in [-0.25, -0.2) is 0 Å². The van der Waals surface area contributed by atoms with Crippen LogP contribution in [-0.2, 0) is 21.7 Å². The van der Waals surface area contributed by atoms with E-state index in [-0.39, 0.29) is 21.7 Å². The van der Waals surface area contributed by atoms with Crippen molar-refractivity contribution in [2.24, 2.45) is 0 Å². The molecule has 11 aromatic carbocycles. The van der Waals surface area contributed by atoms with E-state index in [2.05, 4.69) is 300 Å². The van der Waals surface area contributed by atoms with E-state index in [0.29, 0.717) is 0 Å². The summed E-state index contributed by atoms with van der Waals surface area (Å²) in [4.78, 5) is 4.95. The van der Waals surface area contributed by atoms with Crippen molar-refractivity contribution in [2.45, 2.75) is 103 Å². The Hall–Kier alpha value is -8.80. The molecule has 0 amide bonds. The topological polar surface area (TPSA) is 23.4 Å². The summed E-state index contributed by atoms with van der Waals surface area (Å²) in [6, 6.07) is 84.6. The lowest BCUT2D eigenvalue weighted by Crippen LogP contribution is -2.41. The summed E-state index contributed by atoms with van der Waals surface area (Å²) < 4.78 is 2.70. The molecule has 1 N–H and O–H groups in total. The van der Waals surface area contributed by atoms with Gasteiger partial charge in [-0.15, -0.1) is 0 Å². The van der Waals surface area contributed by atoms with E-state index in [0.717, 1.165) is 77.6 Å². The molecule has 0 saturated heterocycles. The maximum absolute atomic E-state index is 4.23. The zero-order valence-corrected chi connectivity index (χ0v) is 49.2. The molecule has 12 aromatic rings. The maximum Gasteiger partial charge on any atom is 0.198 e. The molecule has 2 heterocycles. The first kappa shape index (κ1) is 51.1. The lowest BCUT2D eigenvalue weighted by molar-refractivity contribution is 0.332. The number of benzene rings is 11. The summed E-state index contributed by atoms with van der Waals surface area (Å²) in [6.45, 7) is 19.6. The van der Waals surface area contributed by atoms with Gasteiger partial charge < -0.3 is 19.7 Å². The second kappa shape index (κ2) is 18.9. The summed E-state index contributed by atoms with van der Waals surface area (Å²) >= 11 is 0. The van der Waals surface area contributed by atoms with Crippen LogP contribution in [0.1, 0.15) is 103 Å². The molecule has 0 bridgehead atoms. The molecule has 0 radical (unpaired) electrons. The van der Waals surface area contributed by atoms with Crippen LogP contribution >= 0.6 is 0 Å². The highest BCUT2D eigenvalue weighted by atomic mass is 15.2. The SMILES string of the molecule is CC1(C)CCC(C)(C)c2cc(Nc3cc(N(c4ccccc4)c4ccccc4)ccc3-c3cc(N(c4ccccc4)c4ccc5ccccc5c4)c4c5c6ccccc6ccc5n5c4c3Bc3cc4c(cc3-5)C(C)(C)CCC4(C)C)ccc21. The molecule has 15 rings (SSSR count). The number of nitrogens with one attached hydrogen (secondary N) is 1. The zero-order valence-electron chi connectivity index (χ0n) is 49.2. The van der Waals surface area contributed by atoms with Crippen LogP contribution in [-0.4, -0.2) is 11.8 Å². The van der Waals surface area contributed by atoms with Gasteiger partial charge in [0.15, 0.2) is 7.28 Å². The van der Waals surface area contributed by atoms with Crippen molar-refractivity contribution < 1.29 is 0 Å². The summed E-state index contributed by atoms with van der Waals surface area (Å²) in [5.41, 5.74) is 23.7. The number of rotatable bonds is 9. The van der Waals surface area contributed by atoms with E-state index < -0.39 is 0 Å². The van der Waals surface area contributed by atoms with E-state index in [1.807, 2.05) is 0 Å². The molecule has 0 atom stereocenters. The largest absolute Gasteiger partial charge is 0.355 e. The first-order valence-corrected chi connectivity index (χ1v) is 30.1. The van der Waals surface area contributed by atoms with Gasteiger partial charge in [-0.1, -0.05) is 194 Å². The standard InChI is InChI=1S/C78H71BN4/c1-75(2)40-41-76(3,4)63-45-53(34-38-62(63)75)80-67-46-58(81(54-25-12-9-13-26-54)55-27-14-10-15-28-55)36-37-60(67)61-47-70(82(56-29-16-11-17-30-56)57-35-32-50-22-18-19-24-52(50)44-57)72-71-59-31-21-20-23-51(59)33-39-68(71)83-69-49-65-64(48-66(69)79-73(61)74(72)83)77(5,6)42-43-78(65,7)8/h9-39,44-49,79-80H,40-43H2,1-8H3. The third-order valence-electron chi connectivity index (χ3n) is 19.6. The van der Waals surface area contributed by atoms with Crippen molar-refractivity contribution in [2.75, 3.05) is 15.1 Å². The Morgan fingerprint density at radius 2 is 0.928 bits per heavy atom. The van der Waals surface area contributed by atoms with Crippen LogP contribution in [0.15, 0.2) is 224 Å². The van der Waals surface area contributed by atoms with E-state index in [4.69, 9.17) is 0 Å². The molecule has 0 unspecified atom stereocenters. The van der Waals surface area contributed by atoms with Gasteiger partial charge in [0.25, 0.3) is 0 Å². The number of hydrogen-bond donors (Lipinski definition) is 1. The maximum atomic E-state index is 4.23. The fraction of sp³-hybridized carbons (Fsp3) is 0.205. The molecule has 3 aliphatic rings. The Kier molecular flexibility index (Phi) is 11.6. The highest BCUT2D eigenvalue weighted by Gasteiger charge is 2.41. The number of nitrogens with zero attached hydrogens (tertiary/aromatic N) is 3. The quantitative estimate of drug-likeness (QED) is 0.146. The van der Waals surface area contributed by atoms with Gasteiger partial charge in [-0.3, -0.25) is 0 Å². The number of para-hydroxylation sites is 3. The molecular weight excluding hydrogens is 1000 g/mol. The second-order valence-electron chi connectivity index (χ2n) is 26.7. The second-order valence-corrected chi connectivity index (χ2v) is 26.7. The minimum Gasteiger partial charge on any atom is -0.355 e. The average molecular weight is 1080 g/mol. The van der Waals surface area contributed by atoms with Crippen LogP contribution < -0.4 is 26.0 Å². The van der Waals surface area contributed by atoms with Crippen molar-refractivity contribution in [3.8, 4) is 16.8 Å². The lowest BCUT2D eigenvalue weighted by atomic mass is 9.55. The molecular formula is C78H71BN4. The molecule has 406 valence electrons. The molecule has 1 aromatic heterocycles. The Bertz CT molecular complexity index is 4530. The van der Waals surface area contributed by atoms with Gasteiger partial charge in [0.05, 0.1) is 16.7 Å². The predicted molar refractivity (Wildman–Crippen MR) is 357 cm³/mol. The Balaban J connectivity index is 1.09. The van der Waals surface area contributed by atoms with Gasteiger partial charge in [0.1, 0.15) is 0 Å². The van der Waals surface area contributed by atoms with Crippen LogP contribution in [0.5, 0.6) is 0 Å². The molecule has 1 aliphatic heterocycles. The molecule has 83 heavy (non-hydrogen) atoms. The molecule has 2 aliphatic carbocycles. The van der Waals surface area contributed by atoms with Crippen molar-refractivity contribution in [3.05, 3.63) is 247 Å². The fourth-order valence-corrected chi connectivity index (χ4v) is 14.8. The van der Waals surface area contributed by atoms with E-state index in [1.165, 1.54) is 94.2 Å². The fourth-order valence-electron chi connectivity index (χ4n) is 14.8. The van der Waals surface area contributed by atoms with E-state index >= 15 is 0 Å². The highest BCUT2D eigenvalue weighted by Crippen LogP contribution is 2.53. The van der Waals surface area contributed by atoms with Crippen molar-refractivity contribution in [1.29, 1.82) is 0 Å². The number of anilines is 8. The molecule has 0 spiro atoms. The monoisotopic (exact) mass is 1070 g/mol. The third-order valence-corrected chi connectivity index (χ3v) is 19.6. The summed E-state index contributed by atoms with van der Waals surface area (Å²) in [5, 5.41) is 11.7. The normalized spacial score (nSPS) is 16.0. The van der Waals surface area contributed by atoms with E-state index in [9.17, 15) is 0 Å². The minimum atomic E-state index is 0.0273. The molecule has 0 fully saturated rings. The lowest BCUT2D eigenvalue weighted by Gasteiger charge is -2.43. The van der Waals surface area contributed by atoms with Crippen LogP contribution in [0.4, 0.5) is 45.5 Å². The van der Waals surface area contributed by atoms with Crippen molar-refractivity contribution >= 4 is 107 Å². The highest BCUT2D eigenvalue weighted by molar-refractivity contribution is 6.74. The first-order chi connectivity index (χ1) is 40.1. The number of hydrogen-bond acceptors (Lipinski definition) is 3. The van der Waals surface area contributed by atoms with Crippen molar-refractivity contribution in [3.63, 3.8) is 0 Å². The van der Waals surface area contributed by atoms with Crippen LogP contribution in [0.2, 0.25) is 0 Å². The summed E-state index contributed by atoms with van der Waals surface area (Å²) in [7, 11) is 0.782. The Morgan fingerprint density at radius 1 is 0.398 bits per heavy atom. The molecule has 4 nitrogen and oxygen atoms in total. The van der Waals surface area contributed by atoms with Gasteiger partial charge in [0.2, 0.25) is 0 Å². The molecule has 0 saturated carbocycles. The average Bonchev–Trinajstić information content (AvgIpc) is 1.82. The van der Waals surface area contributed by atoms with Gasteiger partial charge in [-0.05, 0) is 193 Å². The molecule has 5 heteroatoms. The van der Waals surface area contributed by atoms with Crippen molar-refractivity contribution in [1.82, 2.24) is 4.57 Å². The predicted octanol–water partition coefficient (Wildman–Crippen LogP) is 19.8. The third kappa shape index (κ3) is 8.32. The van der Waals surface area contributed by atoms with Gasteiger partial charge in [-0.2, -0.15) is 0 Å². The number of fused-ring (bicyclic) bond motifs is 10. The van der Waals surface area contributed by atoms with Gasteiger partial charge >= 0.3 is 0 Å². The smallest absolute Gasteiger partial charge is 0.198 e. The Morgan fingerprint density at radius 3 is 1.59 bits per heavy atom. The van der Waals surface area contributed by atoms with Crippen LogP contribution in [0.3, 0.4) is 0 Å².